The molecule has 0 radical (unpaired) electrons. The molecule has 0 bridgehead atoms. The number of nitriles is 1. The Bertz CT molecular complexity index is 665. The minimum Gasteiger partial charge on any atom is -0.467 e. The van der Waals surface area contributed by atoms with Crippen LogP contribution in [0.4, 0.5) is 4.39 Å². The second kappa shape index (κ2) is 7.96. The summed E-state index contributed by atoms with van der Waals surface area (Å²) >= 11 is 0. The van der Waals surface area contributed by atoms with E-state index in [9.17, 15) is 14.0 Å². The second-order valence-electron chi connectivity index (χ2n) is 6.73. The molecule has 1 rings (SSSR count). The number of benzene rings is 1. The molecule has 1 aromatic carbocycles. The lowest BCUT2D eigenvalue weighted by atomic mass is 9.85. The first-order valence-corrected chi connectivity index (χ1v) is 7.61. The van der Waals surface area contributed by atoms with Gasteiger partial charge in [0.05, 0.1) is 13.2 Å². The second-order valence-corrected chi connectivity index (χ2v) is 6.73. The molecule has 1 atom stereocenters. The van der Waals surface area contributed by atoms with Crippen LogP contribution in [-0.2, 0) is 20.9 Å². The number of rotatable bonds is 5. The first-order valence-electron chi connectivity index (χ1n) is 7.61. The van der Waals surface area contributed by atoms with Gasteiger partial charge in [-0.2, -0.15) is 5.26 Å². The maximum atomic E-state index is 13.4. The Hall–Kier alpha value is -2.36. The van der Waals surface area contributed by atoms with Crippen molar-refractivity contribution < 1.29 is 18.7 Å². The van der Waals surface area contributed by atoms with Crippen LogP contribution in [0.15, 0.2) is 18.2 Å². The molecule has 7 heteroatoms. The third-order valence-electron chi connectivity index (χ3n) is 3.68. The third-order valence-corrected chi connectivity index (χ3v) is 3.68. The molecule has 24 heavy (non-hydrogen) atoms. The highest BCUT2D eigenvalue weighted by Gasteiger charge is 2.39. The first-order chi connectivity index (χ1) is 11.1. The van der Waals surface area contributed by atoms with Gasteiger partial charge in [0, 0.05) is 6.54 Å². The predicted molar refractivity (Wildman–Crippen MR) is 90.6 cm³/mol. The lowest BCUT2D eigenvalue weighted by molar-refractivity contribution is -0.158. The number of nitrogens with zero attached hydrogens (tertiary/aromatic N) is 2. The van der Waals surface area contributed by atoms with Crippen molar-refractivity contribution in [3.63, 3.8) is 0 Å². The summed E-state index contributed by atoms with van der Waals surface area (Å²) in [5, 5.41) is 8.85. The zero-order valence-corrected chi connectivity index (χ0v) is 14.7. The Morgan fingerprint density at radius 3 is 2.50 bits per heavy atom. The van der Waals surface area contributed by atoms with Crippen LogP contribution in [-0.4, -0.2) is 37.8 Å². The van der Waals surface area contributed by atoms with Gasteiger partial charge in [0.15, 0.2) is 0 Å². The van der Waals surface area contributed by atoms with E-state index in [-0.39, 0.29) is 18.8 Å². The Kier molecular flexibility index (Phi) is 6.53. The van der Waals surface area contributed by atoms with Crippen molar-refractivity contribution in [1.29, 1.82) is 5.26 Å². The highest BCUT2D eigenvalue weighted by molar-refractivity contribution is 6.32. The molecular weight excluding hydrogens is 310 g/mol. The van der Waals surface area contributed by atoms with Crippen LogP contribution < -0.4 is 5.46 Å². The number of carbonyl (C=O) groups is 2. The van der Waals surface area contributed by atoms with Gasteiger partial charge < -0.3 is 9.64 Å². The molecule has 0 N–H and O–H groups in total. The Labute approximate surface area is 142 Å². The summed E-state index contributed by atoms with van der Waals surface area (Å²) in [5.41, 5.74) is 0.539. The summed E-state index contributed by atoms with van der Waals surface area (Å²) in [6, 6.07) is 5.47. The molecule has 128 valence electrons. The van der Waals surface area contributed by atoms with Crippen LogP contribution >= 0.6 is 0 Å². The number of hydrogen-bond donors (Lipinski definition) is 0. The average molecular weight is 332 g/mol. The topological polar surface area (TPSA) is 70.4 Å². The summed E-state index contributed by atoms with van der Waals surface area (Å²) in [6.07, 6.45) is -0.344. The van der Waals surface area contributed by atoms with E-state index in [1.807, 2.05) is 26.8 Å². The smallest absolute Gasteiger partial charge is 0.329 e. The number of esters is 1. The molecule has 0 saturated carbocycles. The average Bonchev–Trinajstić information content (AvgIpc) is 2.48. The summed E-state index contributed by atoms with van der Waals surface area (Å²) in [7, 11) is 2.89. The molecule has 0 aliphatic carbocycles. The number of methoxy groups -OCH3 is 1. The number of ether oxygens (including phenoxy) is 1. The summed E-state index contributed by atoms with van der Waals surface area (Å²) in [4.78, 5) is 26.0. The van der Waals surface area contributed by atoms with Crippen molar-refractivity contribution in [3.8, 4) is 6.07 Å². The third kappa shape index (κ3) is 4.82. The van der Waals surface area contributed by atoms with E-state index in [1.54, 1.807) is 20.0 Å². The number of hydrogen-bond acceptors (Lipinski definition) is 4. The molecule has 0 unspecified atom stereocenters. The summed E-state index contributed by atoms with van der Waals surface area (Å²) in [6.45, 7) is 5.55. The molecule has 0 spiro atoms. The Balaban J connectivity index is 3.28. The van der Waals surface area contributed by atoms with Crippen molar-refractivity contribution in [2.45, 2.75) is 39.8 Å². The maximum absolute atomic E-state index is 13.4. The molecule has 0 fully saturated rings. The molecule has 0 heterocycles. The first kappa shape index (κ1) is 19.7. The maximum Gasteiger partial charge on any atom is 0.329 e. The van der Waals surface area contributed by atoms with Crippen LogP contribution in [0, 0.1) is 22.6 Å². The Morgan fingerprint density at radius 1 is 1.42 bits per heavy atom. The van der Waals surface area contributed by atoms with Crippen molar-refractivity contribution in [1.82, 2.24) is 4.90 Å². The van der Waals surface area contributed by atoms with Crippen molar-refractivity contribution in [2.24, 2.45) is 5.41 Å². The Morgan fingerprint density at radius 2 is 2.04 bits per heavy atom. The lowest BCUT2D eigenvalue weighted by Crippen LogP contribution is -2.52. The van der Waals surface area contributed by atoms with Gasteiger partial charge in [-0.1, -0.05) is 38.4 Å². The molecular formula is C17H22BFN2O3. The summed E-state index contributed by atoms with van der Waals surface area (Å²) in [5.74, 6) is -1.36. The van der Waals surface area contributed by atoms with Gasteiger partial charge in [-0.25, -0.2) is 9.18 Å². The zero-order chi connectivity index (χ0) is 18.5. The van der Waals surface area contributed by atoms with Crippen LogP contribution in [0.25, 0.3) is 0 Å². The molecule has 5 nitrogen and oxygen atoms in total. The highest BCUT2D eigenvalue weighted by Crippen LogP contribution is 2.27. The molecule has 0 aliphatic heterocycles. The van der Waals surface area contributed by atoms with E-state index in [0.29, 0.717) is 11.0 Å². The van der Waals surface area contributed by atoms with Crippen molar-refractivity contribution >= 4 is 25.2 Å². The van der Waals surface area contributed by atoms with E-state index in [2.05, 4.69) is 0 Å². The number of halogens is 1. The fourth-order valence-corrected chi connectivity index (χ4v) is 2.55. The van der Waals surface area contributed by atoms with Crippen LogP contribution in [0.3, 0.4) is 0 Å². The van der Waals surface area contributed by atoms with Gasteiger partial charge in [0.2, 0.25) is 5.91 Å². The number of amides is 1. The molecule has 1 aromatic rings. The van der Waals surface area contributed by atoms with E-state index >= 15 is 0 Å². The monoisotopic (exact) mass is 332 g/mol. The van der Waals surface area contributed by atoms with Gasteiger partial charge in [0.1, 0.15) is 26.1 Å². The van der Waals surface area contributed by atoms with E-state index < -0.39 is 23.3 Å². The lowest BCUT2D eigenvalue weighted by Gasteiger charge is -2.38. The normalized spacial score (nSPS) is 12.2. The molecule has 0 saturated heterocycles. The van der Waals surface area contributed by atoms with Crippen molar-refractivity contribution in [2.75, 3.05) is 7.11 Å². The SMILES string of the molecule is Bc1cc(CN(C(=O)CC#N)[C@H](C(=O)OC)C(C)(C)C)ccc1F. The fourth-order valence-electron chi connectivity index (χ4n) is 2.55. The number of carbonyl (C=O) groups excluding carboxylic acids is 2. The minimum absolute atomic E-state index is 0.0959. The van der Waals surface area contributed by atoms with Crippen LogP contribution in [0.5, 0.6) is 0 Å². The van der Waals surface area contributed by atoms with Gasteiger partial charge in [-0.15, -0.1) is 0 Å². The predicted octanol–water partition coefficient (Wildman–Crippen LogP) is 0.914. The summed E-state index contributed by atoms with van der Waals surface area (Å²) < 4.78 is 18.3. The standard InChI is InChI=1S/C17H22BFN2O3/c1-17(2,3)15(16(23)24-4)21(14(22)7-8-20)10-11-5-6-13(19)12(18)9-11/h5-6,9,15H,7,10,18H2,1-4H3/t15-/m1/s1. The van der Waals surface area contributed by atoms with Crippen molar-refractivity contribution in [3.05, 3.63) is 29.6 Å². The largest absolute Gasteiger partial charge is 0.467 e. The van der Waals surface area contributed by atoms with Gasteiger partial charge in [-0.3, -0.25) is 4.79 Å². The van der Waals surface area contributed by atoms with E-state index in [1.165, 1.54) is 18.1 Å². The van der Waals surface area contributed by atoms with Gasteiger partial charge in [-0.05, 0) is 17.0 Å². The van der Waals surface area contributed by atoms with E-state index in [4.69, 9.17) is 10.00 Å². The van der Waals surface area contributed by atoms with Crippen LogP contribution in [0.1, 0.15) is 32.8 Å². The highest BCUT2D eigenvalue weighted by atomic mass is 19.1. The fraction of sp³-hybridized carbons (Fsp3) is 0.471. The minimum atomic E-state index is -0.853. The van der Waals surface area contributed by atoms with E-state index in [0.717, 1.165) is 0 Å². The molecule has 0 aliphatic rings. The zero-order valence-electron chi connectivity index (χ0n) is 14.7. The molecule has 0 aromatic heterocycles. The van der Waals surface area contributed by atoms with Gasteiger partial charge in [0.25, 0.3) is 0 Å². The van der Waals surface area contributed by atoms with Crippen LogP contribution in [0.2, 0.25) is 0 Å². The quantitative estimate of drug-likeness (QED) is 0.594. The molecule has 1 amide bonds. The van der Waals surface area contributed by atoms with Gasteiger partial charge >= 0.3 is 5.97 Å².